The van der Waals surface area contributed by atoms with Gasteiger partial charge in [0, 0.05) is 36.3 Å². The number of benzene rings is 1. The Hall–Kier alpha value is -0.580. The summed E-state index contributed by atoms with van der Waals surface area (Å²) in [7, 11) is 0. The lowest BCUT2D eigenvalue weighted by molar-refractivity contribution is 0.198. The quantitative estimate of drug-likeness (QED) is 0.921. The average Bonchev–Trinajstić information content (AvgIpc) is 2.39. The fourth-order valence-corrected chi connectivity index (χ4v) is 3.30. The molecule has 1 fully saturated rings. The number of rotatable bonds is 4. The fourth-order valence-electron chi connectivity index (χ4n) is 2.60. The normalized spacial score (nSPS) is 18.6. The molecule has 1 aliphatic heterocycles. The molecule has 1 aliphatic rings. The van der Waals surface area contributed by atoms with Crippen molar-refractivity contribution in [2.45, 2.75) is 26.4 Å². The summed E-state index contributed by atoms with van der Waals surface area (Å²) in [5, 5.41) is 9.65. The van der Waals surface area contributed by atoms with Crippen LogP contribution in [0.1, 0.15) is 31.9 Å². The molecule has 0 spiro atoms. The van der Waals surface area contributed by atoms with Crippen LogP contribution in [0, 0.1) is 0 Å². The lowest BCUT2D eigenvalue weighted by Crippen LogP contribution is -2.46. The highest BCUT2D eigenvalue weighted by molar-refractivity contribution is 9.10. The van der Waals surface area contributed by atoms with Gasteiger partial charge in [0.05, 0.1) is 6.10 Å². The van der Waals surface area contributed by atoms with Crippen molar-refractivity contribution in [3.8, 4) is 0 Å². The molecule has 1 N–H and O–H groups in total. The van der Waals surface area contributed by atoms with Gasteiger partial charge in [0.2, 0.25) is 0 Å². The van der Waals surface area contributed by atoms with Crippen molar-refractivity contribution >= 4 is 21.6 Å². The molecule has 0 aromatic heterocycles. The van der Waals surface area contributed by atoms with E-state index in [0.29, 0.717) is 0 Å². The first-order chi connectivity index (χ1) is 9.11. The molecule has 1 aromatic carbocycles. The van der Waals surface area contributed by atoms with Crippen LogP contribution in [0.4, 0.5) is 5.69 Å². The van der Waals surface area contributed by atoms with Gasteiger partial charge in [0.1, 0.15) is 0 Å². The first-order valence-corrected chi connectivity index (χ1v) is 7.86. The van der Waals surface area contributed by atoms with Crippen molar-refractivity contribution < 1.29 is 5.11 Å². The van der Waals surface area contributed by atoms with Crippen LogP contribution in [0.5, 0.6) is 0 Å². The van der Waals surface area contributed by atoms with Crippen molar-refractivity contribution in [1.82, 2.24) is 4.90 Å². The van der Waals surface area contributed by atoms with E-state index >= 15 is 0 Å². The third-order valence-electron chi connectivity index (χ3n) is 3.71. The Kier molecular flexibility index (Phi) is 5.25. The van der Waals surface area contributed by atoms with Gasteiger partial charge in [-0.25, -0.2) is 0 Å². The summed E-state index contributed by atoms with van der Waals surface area (Å²) in [6.07, 6.45) is 0.805. The van der Waals surface area contributed by atoms with Gasteiger partial charge in [-0.3, -0.25) is 4.90 Å². The lowest BCUT2D eigenvalue weighted by atomic mass is 10.1. The molecule has 0 bridgehead atoms. The fraction of sp³-hybridized carbons (Fsp3) is 0.600. The van der Waals surface area contributed by atoms with Crippen molar-refractivity contribution in [1.29, 1.82) is 0 Å². The zero-order valence-electron chi connectivity index (χ0n) is 11.8. The number of piperazine rings is 1. The first-order valence-electron chi connectivity index (χ1n) is 7.06. The maximum Gasteiger partial charge on any atom is 0.0772 e. The molecule has 0 radical (unpaired) electrons. The van der Waals surface area contributed by atoms with Crippen LogP contribution >= 0.6 is 15.9 Å². The minimum absolute atomic E-state index is 0.426. The van der Waals surface area contributed by atoms with Gasteiger partial charge in [-0.05, 0) is 37.6 Å². The number of hydrogen-bond donors (Lipinski definition) is 1. The SMILES string of the molecule is CCCN1CCN(c2ccc([C@H](C)O)c(Br)c2)CC1. The minimum atomic E-state index is -0.426. The monoisotopic (exact) mass is 326 g/mol. The molecule has 1 heterocycles. The largest absolute Gasteiger partial charge is 0.389 e. The van der Waals surface area contributed by atoms with Gasteiger partial charge in [-0.1, -0.05) is 28.9 Å². The van der Waals surface area contributed by atoms with E-state index in [1.54, 1.807) is 6.92 Å². The molecule has 3 nitrogen and oxygen atoms in total. The maximum atomic E-state index is 9.65. The zero-order chi connectivity index (χ0) is 13.8. The predicted octanol–water partition coefficient (Wildman–Crippen LogP) is 3.03. The summed E-state index contributed by atoms with van der Waals surface area (Å²) in [6.45, 7) is 9.69. The van der Waals surface area contributed by atoms with E-state index in [9.17, 15) is 5.11 Å². The smallest absolute Gasteiger partial charge is 0.0772 e. The maximum absolute atomic E-state index is 9.65. The lowest BCUT2D eigenvalue weighted by Gasteiger charge is -2.36. The highest BCUT2D eigenvalue weighted by Crippen LogP contribution is 2.28. The summed E-state index contributed by atoms with van der Waals surface area (Å²) in [5.74, 6) is 0. The third kappa shape index (κ3) is 3.71. The highest BCUT2D eigenvalue weighted by atomic mass is 79.9. The average molecular weight is 327 g/mol. The van der Waals surface area contributed by atoms with E-state index in [1.165, 1.54) is 18.7 Å². The second-order valence-electron chi connectivity index (χ2n) is 5.21. The third-order valence-corrected chi connectivity index (χ3v) is 4.40. The van der Waals surface area contributed by atoms with Crippen LogP contribution in [-0.2, 0) is 0 Å². The molecule has 1 aromatic rings. The molecule has 106 valence electrons. The van der Waals surface area contributed by atoms with Crippen molar-refractivity contribution in [3.05, 3.63) is 28.2 Å². The Bertz CT molecular complexity index is 415. The number of aliphatic hydroxyl groups is 1. The van der Waals surface area contributed by atoms with Crippen LogP contribution < -0.4 is 4.90 Å². The van der Waals surface area contributed by atoms with E-state index in [-0.39, 0.29) is 0 Å². The Labute approximate surface area is 124 Å². The molecule has 2 rings (SSSR count). The van der Waals surface area contributed by atoms with Gasteiger partial charge in [0.15, 0.2) is 0 Å². The van der Waals surface area contributed by atoms with E-state index in [2.05, 4.69) is 44.8 Å². The molecule has 19 heavy (non-hydrogen) atoms. The van der Waals surface area contributed by atoms with E-state index in [1.807, 2.05) is 6.07 Å². The summed E-state index contributed by atoms with van der Waals surface area (Å²) in [5.41, 5.74) is 2.20. The Morgan fingerprint density at radius 1 is 1.26 bits per heavy atom. The van der Waals surface area contributed by atoms with Gasteiger partial charge < -0.3 is 10.0 Å². The number of anilines is 1. The van der Waals surface area contributed by atoms with Crippen molar-refractivity contribution in [2.75, 3.05) is 37.6 Å². The molecule has 1 atom stereocenters. The molecule has 0 unspecified atom stereocenters. The van der Waals surface area contributed by atoms with Gasteiger partial charge >= 0.3 is 0 Å². The minimum Gasteiger partial charge on any atom is -0.389 e. The molecular formula is C15H23BrN2O. The Morgan fingerprint density at radius 3 is 2.47 bits per heavy atom. The van der Waals surface area contributed by atoms with E-state index in [0.717, 1.165) is 36.2 Å². The van der Waals surface area contributed by atoms with Crippen LogP contribution in [0.25, 0.3) is 0 Å². The molecule has 4 heteroatoms. The number of nitrogens with zero attached hydrogens (tertiary/aromatic N) is 2. The van der Waals surface area contributed by atoms with E-state index < -0.39 is 6.10 Å². The molecular weight excluding hydrogens is 304 g/mol. The number of halogens is 1. The topological polar surface area (TPSA) is 26.7 Å². The standard InChI is InChI=1S/C15H23BrN2O/c1-3-6-17-7-9-18(10-8-17)13-4-5-14(12(2)19)15(16)11-13/h4-5,11-12,19H,3,6-10H2,1-2H3/t12-/m0/s1. The second-order valence-corrected chi connectivity index (χ2v) is 6.06. The van der Waals surface area contributed by atoms with Gasteiger partial charge in [-0.2, -0.15) is 0 Å². The molecule has 0 aliphatic carbocycles. The Balaban J connectivity index is 2.02. The summed E-state index contributed by atoms with van der Waals surface area (Å²) in [4.78, 5) is 4.94. The number of hydrogen-bond acceptors (Lipinski definition) is 3. The summed E-state index contributed by atoms with van der Waals surface area (Å²) in [6, 6.07) is 6.25. The predicted molar refractivity (Wildman–Crippen MR) is 83.7 cm³/mol. The van der Waals surface area contributed by atoms with Gasteiger partial charge in [0.25, 0.3) is 0 Å². The second kappa shape index (κ2) is 6.73. The first kappa shape index (κ1) is 14.8. The van der Waals surface area contributed by atoms with Crippen LogP contribution in [-0.4, -0.2) is 42.7 Å². The highest BCUT2D eigenvalue weighted by Gasteiger charge is 2.17. The van der Waals surface area contributed by atoms with Crippen molar-refractivity contribution in [3.63, 3.8) is 0 Å². The van der Waals surface area contributed by atoms with E-state index in [4.69, 9.17) is 0 Å². The number of aliphatic hydroxyl groups excluding tert-OH is 1. The van der Waals surface area contributed by atoms with Crippen LogP contribution in [0.2, 0.25) is 0 Å². The molecule has 1 saturated heterocycles. The summed E-state index contributed by atoms with van der Waals surface area (Å²) >= 11 is 3.55. The van der Waals surface area contributed by atoms with Crippen LogP contribution in [0.3, 0.4) is 0 Å². The van der Waals surface area contributed by atoms with Crippen molar-refractivity contribution in [2.24, 2.45) is 0 Å². The molecule has 0 amide bonds. The van der Waals surface area contributed by atoms with Crippen LogP contribution in [0.15, 0.2) is 22.7 Å². The Morgan fingerprint density at radius 2 is 1.95 bits per heavy atom. The summed E-state index contributed by atoms with van der Waals surface area (Å²) < 4.78 is 0.996. The molecule has 0 saturated carbocycles. The zero-order valence-corrected chi connectivity index (χ0v) is 13.4. The van der Waals surface area contributed by atoms with Gasteiger partial charge in [-0.15, -0.1) is 0 Å².